The van der Waals surface area contributed by atoms with E-state index in [0.29, 0.717) is 0 Å². The van der Waals surface area contributed by atoms with E-state index in [2.05, 4.69) is 183 Å². The summed E-state index contributed by atoms with van der Waals surface area (Å²) in [7, 11) is -1.66. The zero-order valence-corrected chi connectivity index (χ0v) is 50.2. The van der Waals surface area contributed by atoms with Gasteiger partial charge in [-0.1, -0.05) is 68.3 Å². The third-order valence-corrected chi connectivity index (χ3v) is 19.2. The molecule has 4 aromatic carbocycles. The quantitative estimate of drug-likeness (QED) is 0.158. The van der Waals surface area contributed by atoms with Crippen LogP contribution >= 0.6 is 31.9 Å². The summed E-state index contributed by atoms with van der Waals surface area (Å²) in [6.45, 7) is 39.4. The molecule has 4 fully saturated rings. The van der Waals surface area contributed by atoms with E-state index in [1.165, 1.54) is 66.6 Å². The Kier molecular flexibility index (Phi) is 13.3. The molecule has 4 saturated heterocycles. The molecule has 12 rings (SSSR count). The van der Waals surface area contributed by atoms with Gasteiger partial charge in [-0.25, -0.2) is 0 Å². The smallest absolute Gasteiger partial charge is 0.405 e. The first-order chi connectivity index (χ1) is 34.3. The maximum atomic E-state index is 6.36. The van der Waals surface area contributed by atoms with E-state index in [9.17, 15) is 0 Å². The Morgan fingerprint density at radius 2 is 0.730 bits per heavy atom. The number of hydrogen-bond acceptors (Lipinski definition) is 8. The van der Waals surface area contributed by atoms with Crippen LogP contribution < -0.4 is 10.9 Å². The first kappa shape index (κ1) is 54.2. The summed E-state index contributed by atoms with van der Waals surface area (Å²) >= 11 is 7.18. The molecule has 2 aliphatic carbocycles. The largest absolute Gasteiger partial charge is 0.494 e. The lowest BCUT2D eigenvalue weighted by molar-refractivity contribution is 0.00578. The van der Waals surface area contributed by atoms with Crippen molar-refractivity contribution in [1.82, 2.24) is 9.13 Å². The number of aromatic nitrogens is 2. The molecule has 6 aromatic rings. The van der Waals surface area contributed by atoms with Crippen LogP contribution in [0.2, 0.25) is 0 Å². The van der Waals surface area contributed by atoms with E-state index in [1.54, 1.807) is 0 Å². The lowest BCUT2D eigenvalue weighted by Gasteiger charge is -2.32. The molecular formula is C58H74B4Br2N2O8. The van der Waals surface area contributed by atoms with Crippen LogP contribution in [0.5, 0.6) is 0 Å². The van der Waals surface area contributed by atoms with Crippen molar-refractivity contribution in [3.63, 3.8) is 0 Å². The molecule has 0 saturated carbocycles. The van der Waals surface area contributed by atoms with Crippen LogP contribution in [-0.4, -0.2) is 82.2 Å². The molecule has 16 heteroatoms. The van der Waals surface area contributed by atoms with Crippen molar-refractivity contribution < 1.29 is 37.2 Å². The monoisotopic (exact) mass is 1130 g/mol. The van der Waals surface area contributed by atoms with Crippen molar-refractivity contribution in [3.8, 4) is 22.5 Å². The second-order valence-corrected chi connectivity index (χ2v) is 26.9. The molecule has 6 aliphatic rings. The van der Waals surface area contributed by atoms with Gasteiger partial charge in [0.05, 0.1) is 56.2 Å². The summed E-state index contributed by atoms with van der Waals surface area (Å²) in [4.78, 5) is 0. The topological polar surface area (TPSA) is 83.7 Å². The van der Waals surface area contributed by atoms with Crippen LogP contribution in [0, 0.1) is 0 Å². The van der Waals surface area contributed by atoms with Crippen LogP contribution in [-0.2, 0) is 63.2 Å². The lowest BCUT2D eigenvalue weighted by atomic mass is 9.49. The van der Waals surface area contributed by atoms with Gasteiger partial charge in [0, 0.05) is 67.8 Å². The highest BCUT2D eigenvalue weighted by Crippen LogP contribution is 2.47. The van der Waals surface area contributed by atoms with Gasteiger partial charge < -0.3 is 46.4 Å². The van der Waals surface area contributed by atoms with Crippen LogP contribution in [0.15, 0.2) is 81.7 Å². The molecule has 0 radical (unpaired) electrons. The Labute approximate surface area is 458 Å². The van der Waals surface area contributed by atoms with Crippen molar-refractivity contribution in [2.45, 2.75) is 195 Å². The number of fused-ring (bicyclic) bond motifs is 10. The summed E-state index contributed by atoms with van der Waals surface area (Å²) in [6, 6.07) is 26.6. The molecule has 4 aliphatic heterocycles. The zero-order valence-electron chi connectivity index (χ0n) is 47.0. The third-order valence-electron chi connectivity index (χ3n) is 18.2. The van der Waals surface area contributed by atoms with Crippen molar-refractivity contribution in [2.75, 3.05) is 0 Å². The van der Waals surface area contributed by atoms with E-state index < -0.39 is 14.0 Å². The molecule has 6 heterocycles. The molecule has 0 N–H and O–H groups in total. The number of hydrogen-bond donors (Lipinski definition) is 0. The minimum atomic E-state index is -0.476. The van der Waals surface area contributed by atoms with Crippen LogP contribution in [0.4, 0.5) is 0 Å². The normalized spacial score (nSPS) is 22.4. The highest BCUT2D eigenvalue weighted by Gasteiger charge is 2.64. The first-order valence-corrected chi connectivity index (χ1v) is 28.2. The standard InChI is InChI=1S/C29H37B2NO4.C17H13Br2N.C12H24B2O4/c1-10-32-24-14-12-20(31-35-28(6,7)29(8,9)36-31)17-22(24)23-16-18-15-19(11-13-21(18)25(23)32)30-33-26(2,3)27(4,5)34-30;1-2-20-16-6-4-12(19)9-14(16)15-8-10-7-11(18)3-5-13(10)17(15)20;1-9(2)10(3,4)16-13(15-9)14-17-11(5,6)12(7,8)18-14/h11-15,17H,10,16H2,1-9H3;3-7,9H,2,8H2,1H3;1-8H3. The second-order valence-electron chi connectivity index (χ2n) is 25.1. The molecule has 390 valence electrons. The number of nitrogens with zero attached hydrogens (tertiary/aromatic N) is 2. The Balaban J connectivity index is 0.000000139. The van der Waals surface area contributed by atoms with Crippen molar-refractivity contribution in [2.24, 2.45) is 0 Å². The first-order valence-electron chi connectivity index (χ1n) is 26.6. The van der Waals surface area contributed by atoms with Crippen LogP contribution in [0.25, 0.3) is 44.3 Å². The van der Waals surface area contributed by atoms with Gasteiger partial charge in [0.15, 0.2) is 0 Å². The average molecular weight is 1130 g/mol. The highest BCUT2D eigenvalue weighted by atomic mass is 79.9. The minimum absolute atomic E-state index is 0.347. The minimum Gasteiger partial charge on any atom is -0.405 e. The van der Waals surface area contributed by atoms with E-state index in [0.717, 1.165) is 45.8 Å². The van der Waals surface area contributed by atoms with Crippen LogP contribution in [0.1, 0.15) is 147 Å². The van der Waals surface area contributed by atoms with E-state index in [4.69, 9.17) is 37.2 Å². The Morgan fingerprint density at radius 3 is 1.16 bits per heavy atom. The highest BCUT2D eigenvalue weighted by molar-refractivity contribution is 9.10. The van der Waals surface area contributed by atoms with Crippen LogP contribution in [0.3, 0.4) is 0 Å². The van der Waals surface area contributed by atoms with E-state index in [1.807, 2.05) is 55.4 Å². The fraction of sp³-hybridized carbons (Fsp3) is 0.517. The summed E-state index contributed by atoms with van der Waals surface area (Å²) in [6.07, 6.45) is 1.93. The maximum Gasteiger partial charge on any atom is 0.494 e. The molecule has 2 aromatic heterocycles. The predicted octanol–water partition coefficient (Wildman–Crippen LogP) is 12.8. The van der Waals surface area contributed by atoms with Gasteiger partial charge in [-0.2, -0.15) is 0 Å². The van der Waals surface area contributed by atoms with Crippen molar-refractivity contribution in [3.05, 3.63) is 104 Å². The summed E-state index contributed by atoms with van der Waals surface area (Å²) in [5.41, 5.74) is 12.9. The van der Waals surface area contributed by atoms with Gasteiger partial charge in [0.1, 0.15) is 0 Å². The van der Waals surface area contributed by atoms with Gasteiger partial charge >= 0.3 is 28.3 Å². The van der Waals surface area contributed by atoms with Crippen molar-refractivity contribution >= 4 is 92.8 Å². The average Bonchev–Trinajstić information content (AvgIpc) is 4.15. The number of halogens is 2. The number of rotatable bonds is 5. The predicted molar refractivity (Wildman–Crippen MR) is 311 cm³/mol. The summed E-state index contributed by atoms with van der Waals surface area (Å²) < 4.78 is 56.4. The molecule has 74 heavy (non-hydrogen) atoms. The van der Waals surface area contributed by atoms with Gasteiger partial charge in [0.2, 0.25) is 0 Å². The Bertz CT molecular complexity index is 3110. The second kappa shape index (κ2) is 18.2. The summed E-state index contributed by atoms with van der Waals surface area (Å²) in [5.74, 6) is 0. The molecule has 0 atom stereocenters. The van der Waals surface area contributed by atoms with E-state index >= 15 is 0 Å². The SMILES string of the molecule is CC1(C)OB(B2OC(C)(C)C(C)(C)O2)OC1(C)C.CCn1c2c(c3cc(B4OC(C)(C)C(C)(C)O4)ccc31)Cc1cc(B3OC(C)(C)C(C)(C)O3)ccc1-2.CCn1c2c(c3cc(Br)ccc31)Cc1cc(Br)ccc1-2. The third kappa shape index (κ3) is 8.89. The molecular weight excluding hydrogens is 1060 g/mol. The lowest BCUT2D eigenvalue weighted by Crippen LogP contribution is -2.41. The molecule has 10 nitrogen and oxygen atoms in total. The molecule has 0 unspecified atom stereocenters. The van der Waals surface area contributed by atoms with Gasteiger partial charge in [0.25, 0.3) is 0 Å². The van der Waals surface area contributed by atoms with E-state index in [-0.39, 0.29) is 59.0 Å². The Hall–Kier alpha value is -3.14. The molecule has 0 spiro atoms. The van der Waals surface area contributed by atoms with Gasteiger partial charge in [-0.15, -0.1) is 0 Å². The fourth-order valence-electron chi connectivity index (χ4n) is 11.0. The molecule has 0 amide bonds. The maximum absolute atomic E-state index is 6.36. The number of benzene rings is 4. The number of aryl methyl sites for hydroxylation is 2. The molecule has 0 bridgehead atoms. The van der Waals surface area contributed by atoms with Crippen molar-refractivity contribution in [1.29, 1.82) is 0 Å². The summed E-state index contributed by atoms with van der Waals surface area (Å²) in [5, 5.41) is 2.66. The zero-order chi connectivity index (χ0) is 53.7. The Morgan fingerprint density at radius 1 is 0.405 bits per heavy atom. The fourth-order valence-corrected chi connectivity index (χ4v) is 11.8. The van der Waals surface area contributed by atoms with Gasteiger partial charge in [-0.05, 0) is 194 Å². The van der Waals surface area contributed by atoms with Gasteiger partial charge in [-0.3, -0.25) is 0 Å².